The Balaban J connectivity index is 1.83. The highest BCUT2D eigenvalue weighted by atomic mass is 79.9. The highest BCUT2D eigenvalue weighted by Gasteiger charge is 2.15. The van der Waals surface area contributed by atoms with E-state index in [9.17, 15) is 4.79 Å². The topological polar surface area (TPSA) is 50.4 Å². The van der Waals surface area contributed by atoms with Gasteiger partial charge < -0.3 is 15.4 Å². The maximum atomic E-state index is 12.4. The van der Waals surface area contributed by atoms with Crippen LogP contribution < -0.4 is 15.4 Å². The number of hydrogen-bond donors (Lipinski definition) is 2. The standard InChI is InChI=1S/C17H16Br2N2O2/c1-23-16-3-2-10(7-15(16)19)17(22)21-12-6-11-9-20-5-4-13(11)14(18)8-12/h2-3,6-8,20H,4-5,9H2,1H3,(H,21,22). The van der Waals surface area contributed by atoms with Crippen LogP contribution in [0, 0.1) is 0 Å². The first-order valence-corrected chi connectivity index (χ1v) is 8.84. The van der Waals surface area contributed by atoms with E-state index in [4.69, 9.17) is 4.74 Å². The summed E-state index contributed by atoms with van der Waals surface area (Å²) in [6.07, 6.45) is 0.996. The van der Waals surface area contributed by atoms with Gasteiger partial charge in [0.15, 0.2) is 0 Å². The number of nitrogens with one attached hydrogen (secondary N) is 2. The Hall–Kier alpha value is -1.37. The molecule has 2 aromatic carbocycles. The molecular formula is C17H16Br2N2O2. The highest BCUT2D eigenvalue weighted by molar-refractivity contribution is 9.10. The normalized spacial score (nSPS) is 13.3. The number of halogens is 2. The van der Waals surface area contributed by atoms with Gasteiger partial charge in [-0.2, -0.15) is 0 Å². The Morgan fingerprint density at radius 2 is 2.04 bits per heavy atom. The van der Waals surface area contributed by atoms with Crippen LogP contribution in [-0.4, -0.2) is 19.6 Å². The van der Waals surface area contributed by atoms with Gasteiger partial charge in [0.1, 0.15) is 5.75 Å². The molecule has 0 unspecified atom stereocenters. The van der Waals surface area contributed by atoms with Crippen LogP contribution in [-0.2, 0) is 13.0 Å². The molecule has 4 nitrogen and oxygen atoms in total. The molecule has 0 radical (unpaired) electrons. The molecule has 1 aliphatic rings. The molecule has 0 saturated heterocycles. The molecule has 0 spiro atoms. The zero-order valence-corrected chi connectivity index (χ0v) is 15.8. The Bertz CT molecular complexity index is 762. The van der Waals surface area contributed by atoms with E-state index in [0.717, 1.165) is 34.1 Å². The minimum atomic E-state index is -0.149. The van der Waals surface area contributed by atoms with Crippen molar-refractivity contribution in [1.82, 2.24) is 5.32 Å². The lowest BCUT2D eigenvalue weighted by atomic mass is 10.0. The molecule has 0 atom stereocenters. The van der Waals surface area contributed by atoms with Crippen molar-refractivity contribution in [3.8, 4) is 5.75 Å². The second kappa shape index (κ2) is 7.03. The summed E-state index contributed by atoms with van der Waals surface area (Å²) in [7, 11) is 1.60. The lowest BCUT2D eigenvalue weighted by Gasteiger charge is -2.20. The van der Waals surface area contributed by atoms with Gasteiger partial charge in [0.25, 0.3) is 5.91 Å². The number of benzene rings is 2. The SMILES string of the molecule is COc1ccc(C(=O)Nc2cc(Br)c3c(c2)CNCC3)cc1Br. The fourth-order valence-electron chi connectivity index (χ4n) is 2.65. The van der Waals surface area contributed by atoms with Crippen LogP contribution in [0.1, 0.15) is 21.5 Å². The molecule has 1 heterocycles. The first-order chi connectivity index (χ1) is 11.1. The molecule has 1 amide bonds. The van der Waals surface area contributed by atoms with E-state index in [-0.39, 0.29) is 5.91 Å². The number of amides is 1. The molecule has 120 valence electrons. The van der Waals surface area contributed by atoms with Gasteiger partial charge >= 0.3 is 0 Å². The maximum Gasteiger partial charge on any atom is 0.255 e. The molecule has 0 bridgehead atoms. The molecule has 6 heteroatoms. The summed E-state index contributed by atoms with van der Waals surface area (Å²) in [5.41, 5.74) is 3.90. The molecule has 0 aliphatic carbocycles. The van der Waals surface area contributed by atoms with Gasteiger partial charge in [0, 0.05) is 22.3 Å². The molecule has 2 aromatic rings. The van der Waals surface area contributed by atoms with Gasteiger partial charge in [-0.3, -0.25) is 4.79 Å². The van der Waals surface area contributed by atoms with Crippen molar-refractivity contribution in [3.05, 3.63) is 56.0 Å². The van der Waals surface area contributed by atoms with Crippen molar-refractivity contribution < 1.29 is 9.53 Å². The quantitative estimate of drug-likeness (QED) is 0.756. The lowest BCUT2D eigenvalue weighted by Crippen LogP contribution is -2.24. The van der Waals surface area contributed by atoms with Crippen molar-refractivity contribution in [2.75, 3.05) is 19.0 Å². The minimum absolute atomic E-state index is 0.149. The number of anilines is 1. The number of hydrogen-bond acceptors (Lipinski definition) is 3. The largest absolute Gasteiger partial charge is 0.496 e. The summed E-state index contributed by atoms with van der Waals surface area (Å²) >= 11 is 7.01. The van der Waals surface area contributed by atoms with Crippen molar-refractivity contribution in [3.63, 3.8) is 0 Å². The highest BCUT2D eigenvalue weighted by Crippen LogP contribution is 2.29. The molecule has 3 rings (SSSR count). The number of methoxy groups -OCH3 is 1. The number of ether oxygens (including phenoxy) is 1. The van der Waals surface area contributed by atoms with Crippen LogP contribution in [0.25, 0.3) is 0 Å². The zero-order valence-electron chi connectivity index (χ0n) is 12.6. The van der Waals surface area contributed by atoms with Crippen LogP contribution >= 0.6 is 31.9 Å². The zero-order chi connectivity index (χ0) is 16.4. The van der Waals surface area contributed by atoms with Crippen molar-refractivity contribution >= 4 is 43.5 Å². The van der Waals surface area contributed by atoms with Crippen LogP contribution in [0.15, 0.2) is 39.3 Å². The van der Waals surface area contributed by atoms with Gasteiger partial charge in [-0.15, -0.1) is 0 Å². The summed E-state index contributed by atoms with van der Waals surface area (Å²) in [6.45, 7) is 1.81. The Morgan fingerprint density at radius 1 is 1.22 bits per heavy atom. The smallest absolute Gasteiger partial charge is 0.255 e. The number of rotatable bonds is 3. The molecule has 2 N–H and O–H groups in total. The second-order valence-corrected chi connectivity index (χ2v) is 7.03. The monoisotopic (exact) mass is 438 g/mol. The maximum absolute atomic E-state index is 12.4. The van der Waals surface area contributed by atoms with E-state index in [1.165, 1.54) is 11.1 Å². The first kappa shape index (κ1) is 16.5. The lowest BCUT2D eigenvalue weighted by molar-refractivity contribution is 0.102. The van der Waals surface area contributed by atoms with Crippen LogP contribution in [0.3, 0.4) is 0 Å². The van der Waals surface area contributed by atoms with Crippen LogP contribution in [0.4, 0.5) is 5.69 Å². The number of carbonyl (C=O) groups is 1. The summed E-state index contributed by atoms with van der Waals surface area (Å²) in [5.74, 6) is 0.549. The van der Waals surface area contributed by atoms with Crippen LogP contribution in [0.5, 0.6) is 5.75 Å². The number of fused-ring (bicyclic) bond motifs is 1. The van der Waals surface area contributed by atoms with E-state index >= 15 is 0 Å². The molecule has 1 aliphatic heterocycles. The van der Waals surface area contributed by atoms with Gasteiger partial charge in [0.2, 0.25) is 0 Å². The molecule has 0 saturated carbocycles. The third-order valence-corrected chi connectivity index (χ3v) is 5.15. The summed E-state index contributed by atoms with van der Waals surface area (Å²) in [4.78, 5) is 12.4. The first-order valence-electron chi connectivity index (χ1n) is 7.25. The summed E-state index contributed by atoms with van der Waals surface area (Å²) in [5, 5.41) is 6.30. The summed E-state index contributed by atoms with van der Waals surface area (Å²) < 4.78 is 6.98. The number of carbonyl (C=O) groups excluding carboxylic acids is 1. The average molecular weight is 440 g/mol. The third kappa shape index (κ3) is 3.59. The van der Waals surface area contributed by atoms with Gasteiger partial charge in [-0.1, -0.05) is 15.9 Å². The molecular weight excluding hydrogens is 424 g/mol. The van der Waals surface area contributed by atoms with E-state index in [1.54, 1.807) is 25.3 Å². The van der Waals surface area contributed by atoms with Gasteiger partial charge in [0.05, 0.1) is 11.6 Å². The van der Waals surface area contributed by atoms with E-state index in [2.05, 4.69) is 42.5 Å². The molecule has 0 fully saturated rings. The van der Waals surface area contributed by atoms with Crippen molar-refractivity contribution in [2.24, 2.45) is 0 Å². The fourth-order valence-corrected chi connectivity index (χ4v) is 3.89. The van der Waals surface area contributed by atoms with Crippen molar-refractivity contribution in [2.45, 2.75) is 13.0 Å². The Morgan fingerprint density at radius 3 is 2.78 bits per heavy atom. The van der Waals surface area contributed by atoms with E-state index < -0.39 is 0 Å². The van der Waals surface area contributed by atoms with Crippen LogP contribution in [0.2, 0.25) is 0 Å². The second-order valence-electron chi connectivity index (χ2n) is 5.33. The van der Waals surface area contributed by atoms with Gasteiger partial charge in [-0.05, 0) is 70.4 Å². The average Bonchev–Trinajstić information content (AvgIpc) is 2.54. The third-order valence-electron chi connectivity index (χ3n) is 3.83. The van der Waals surface area contributed by atoms with Crippen molar-refractivity contribution in [1.29, 1.82) is 0 Å². The molecule has 0 aromatic heterocycles. The Labute approximate surface area is 151 Å². The van der Waals surface area contributed by atoms with Gasteiger partial charge in [-0.25, -0.2) is 0 Å². The summed E-state index contributed by atoms with van der Waals surface area (Å²) in [6, 6.07) is 9.26. The molecule has 23 heavy (non-hydrogen) atoms. The minimum Gasteiger partial charge on any atom is -0.496 e. The van der Waals surface area contributed by atoms with E-state index in [0.29, 0.717) is 11.3 Å². The predicted octanol–water partition coefficient (Wildman–Crippen LogP) is 4.12. The Kier molecular flexibility index (Phi) is 5.04. The van der Waals surface area contributed by atoms with E-state index in [1.807, 2.05) is 12.1 Å². The predicted molar refractivity (Wildman–Crippen MR) is 98.2 cm³/mol. The fraction of sp³-hybridized carbons (Fsp3) is 0.235.